The van der Waals surface area contributed by atoms with Crippen molar-refractivity contribution in [3.8, 4) is 0 Å². The van der Waals surface area contributed by atoms with Crippen LogP contribution in [-0.4, -0.2) is 23.4 Å². The van der Waals surface area contributed by atoms with Crippen molar-refractivity contribution in [1.82, 2.24) is 0 Å². The Morgan fingerprint density at radius 3 is 2.71 bits per heavy atom. The highest BCUT2D eigenvalue weighted by atomic mass is 32.2. The maximum absolute atomic E-state index is 11.0. The SMILES string of the molecule is NC(=O)c1csc(CNc2ccc(SCCCO)cc2)c1. The number of anilines is 1. The molecule has 2 rings (SSSR count). The number of thiophene rings is 1. The number of thioether (sulfide) groups is 1. The Kier molecular flexibility index (Phi) is 6.10. The minimum Gasteiger partial charge on any atom is -0.396 e. The summed E-state index contributed by atoms with van der Waals surface area (Å²) < 4.78 is 0. The van der Waals surface area contributed by atoms with Crippen molar-refractivity contribution in [3.05, 3.63) is 46.2 Å². The van der Waals surface area contributed by atoms with Gasteiger partial charge in [-0.25, -0.2) is 0 Å². The molecule has 0 unspecified atom stereocenters. The van der Waals surface area contributed by atoms with E-state index in [0.29, 0.717) is 12.1 Å². The Bertz CT molecular complexity index is 582. The number of amides is 1. The van der Waals surface area contributed by atoms with E-state index in [4.69, 9.17) is 10.8 Å². The summed E-state index contributed by atoms with van der Waals surface area (Å²) >= 11 is 3.26. The Labute approximate surface area is 132 Å². The van der Waals surface area contributed by atoms with Crippen LogP contribution in [0.25, 0.3) is 0 Å². The third-order valence-electron chi connectivity index (χ3n) is 2.83. The molecule has 2 aromatic rings. The van der Waals surface area contributed by atoms with Crippen LogP contribution >= 0.6 is 23.1 Å². The van der Waals surface area contributed by atoms with Crippen molar-refractivity contribution in [2.24, 2.45) is 5.73 Å². The van der Waals surface area contributed by atoms with Gasteiger partial charge in [0.25, 0.3) is 0 Å². The first-order valence-electron chi connectivity index (χ1n) is 6.64. The highest BCUT2D eigenvalue weighted by Crippen LogP contribution is 2.22. The van der Waals surface area contributed by atoms with Crippen molar-refractivity contribution >= 4 is 34.7 Å². The van der Waals surface area contributed by atoms with Crippen LogP contribution in [0.5, 0.6) is 0 Å². The average Bonchev–Trinajstić information content (AvgIpc) is 2.96. The Morgan fingerprint density at radius 1 is 1.33 bits per heavy atom. The van der Waals surface area contributed by atoms with Crippen LogP contribution in [0.15, 0.2) is 40.6 Å². The number of nitrogens with one attached hydrogen (secondary N) is 1. The van der Waals surface area contributed by atoms with Gasteiger partial charge in [-0.15, -0.1) is 23.1 Å². The van der Waals surface area contributed by atoms with Crippen molar-refractivity contribution in [1.29, 1.82) is 0 Å². The number of aliphatic hydroxyl groups is 1. The summed E-state index contributed by atoms with van der Waals surface area (Å²) in [4.78, 5) is 13.3. The predicted molar refractivity (Wildman–Crippen MR) is 89.0 cm³/mol. The van der Waals surface area contributed by atoms with Crippen molar-refractivity contribution in [2.75, 3.05) is 17.7 Å². The molecule has 0 saturated heterocycles. The molecule has 0 bridgehead atoms. The second-order valence-corrected chi connectivity index (χ2v) is 6.63. The summed E-state index contributed by atoms with van der Waals surface area (Å²) in [5, 5.41) is 13.8. The molecule has 0 fully saturated rings. The van der Waals surface area contributed by atoms with Gasteiger partial charge >= 0.3 is 0 Å². The molecular weight excluding hydrogens is 304 g/mol. The van der Waals surface area contributed by atoms with E-state index in [0.717, 1.165) is 22.7 Å². The number of carbonyl (C=O) groups is 1. The molecule has 0 atom stereocenters. The molecule has 4 nitrogen and oxygen atoms in total. The van der Waals surface area contributed by atoms with Gasteiger partial charge in [-0.3, -0.25) is 4.79 Å². The summed E-state index contributed by atoms with van der Waals surface area (Å²) in [6, 6.07) is 10.0. The smallest absolute Gasteiger partial charge is 0.249 e. The van der Waals surface area contributed by atoms with Gasteiger partial charge in [0.05, 0.1) is 5.56 Å². The number of hydrogen-bond acceptors (Lipinski definition) is 5. The van der Waals surface area contributed by atoms with Gasteiger partial charge in [-0.05, 0) is 36.8 Å². The summed E-state index contributed by atoms with van der Waals surface area (Å²) in [5.74, 6) is 0.538. The van der Waals surface area contributed by atoms with E-state index in [1.807, 2.05) is 18.2 Å². The number of carbonyl (C=O) groups excluding carboxylic acids is 1. The molecule has 1 amide bonds. The van der Waals surface area contributed by atoms with E-state index < -0.39 is 0 Å². The zero-order valence-corrected chi connectivity index (χ0v) is 13.2. The van der Waals surface area contributed by atoms with Gasteiger partial charge < -0.3 is 16.2 Å². The fraction of sp³-hybridized carbons (Fsp3) is 0.267. The lowest BCUT2D eigenvalue weighted by atomic mass is 10.3. The number of rotatable bonds is 8. The van der Waals surface area contributed by atoms with E-state index in [9.17, 15) is 4.79 Å². The molecule has 112 valence electrons. The Balaban J connectivity index is 1.83. The molecule has 1 heterocycles. The summed E-state index contributed by atoms with van der Waals surface area (Å²) in [7, 11) is 0. The number of hydrogen-bond donors (Lipinski definition) is 3. The first-order valence-corrected chi connectivity index (χ1v) is 8.50. The lowest BCUT2D eigenvalue weighted by molar-refractivity contribution is 0.100. The van der Waals surface area contributed by atoms with E-state index in [1.54, 1.807) is 17.1 Å². The minimum atomic E-state index is -0.387. The zero-order chi connectivity index (χ0) is 15.1. The topological polar surface area (TPSA) is 75.4 Å². The van der Waals surface area contributed by atoms with Crippen LogP contribution in [0.2, 0.25) is 0 Å². The molecule has 0 radical (unpaired) electrons. The van der Waals surface area contributed by atoms with Gasteiger partial charge in [0, 0.05) is 39.7 Å². The Morgan fingerprint density at radius 2 is 2.10 bits per heavy atom. The average molecular weight is 322 g/mol. The molecule has 0 saturated carbocycles. The lowest BCUT2D eigenvalue weighted by Crippen LogP contribution is -2.09. The quantitative estimate of drug-likeness (QED) is 0.516. The minimum absolute atomic E-state index is 0.237. The number of nitrogens with two attached hydrogens (primary N) is 1. The predicted octanol–water partition coefficient (Wildman–Crippen LogP) is 2.93. The number of primary amides is 1. The van der Waals surface area contributed by atoms with Gasteiger partial charge in [0.1, 0.15) is 0 Å². The van der Waals surface area contributed by atoms with E-state index >= 15 is 0 Å². The second-order valence-electron chi connectivity index (χ2n) is 4.47. The molecule has 0 spiro atoms. The van der Waals surface area contributed by atoms with Crippen LogP contribution in [0, 0.1) is 0 Å². The molecule has 1 aromatic heterocycles. The van der Waals surface area contributed by atoms with Crippen LogP contribution < -0.4 is 11.1 Å². The molecule has 21 heavy (non-hydrogen) atoms. The summed E-state index contributed by atoms with van der Waals surface area (Å²) in [5.41, 5.74) is 6.83. The molecule has 0 aliphatic carbocycles. The molecule has 0 aliphatic heterocycles. The van der Waals surface area contributed by atoms with Gasteiger partial charge in [-0.1, -0.05) is 0 Å². The molecule has 6 heteroatoms. The van der Waals surface area contributed by atoms with E-state index in [2.05, 4.69) is 17.4 Å². The molecule has 1 aromatic carbocycles. The highest BCUT2D eigenvalue weighted by Gasteiger charge is 2.04. The van der Waals surface area contributed by atoms with Gasteiger partial charge in [-0.2, -0.15) is 0 Å². The van der Waals surface area contributed by atoms with Crippen LogP contribution in [0.1, 0.15) is 21.7 Å². The monoisotopic (exact) mass is 322 g/mol. The van der Waals surface area contributed by atoms with E-state index in [-0.39, 0.29) is 12.5 Å². The summed E-state index contributed by atoms with van der Waals surface area (Å²) in [6.07, 6.45) is 0.811. The maximum atomic E-state index is 11.0. The fourth-order valence-electron chi connectivity index (χ4n) is 1.72. The second kappa shape index (κ2) is 8.07. The van der Waals surface area contributed by atoms with Crippen LogP contribution in [0.4, 0.5) is 5.69 Å². The summed E-state index contributed by atoms with van der Waals surface area (Å²) in [6.45, 7) is 0.912. The van der Waals surface area contributed by atoms with Crippen molar-refractivity contribution in [3.63, 3.8) is 0 Å². The van der Waals surface area contributed by atoms with E-state index in [1.165, 1.54) is 16.2 Å². The van der Waals surface area contributed by atoms with Gasteiger partial charge in [0.2, 0.25) is 5.91 Å². The lowest BCUT2D eigenvalue weighted by Gasteiger charge is -2.06. The van der Waals surface area contributed by atoms with Crippen LogP contribution in [-0.2, 0) is 6.54 Å². The van der Waals surface area contributed by atoms with Crippen molar-refractivity contribution in [2.45, 2.75) is 17.9 Å². The third kappa shape index (κ3) is 5.08. The first-order chi connectivity index (χ1) is 10.2. The largest absolute Gasteiger partial charge is 0.396 e. The Hall–Kier alpha value is -1.50. The maximum Gasteiger partial charge on any atom is 0.249 e. The molecular formula is C15H18N2O2S2. The number of benzene rings is 1. The normalized spacial score (nSPS) is 10.5. The fourth-order valence-corrected chi connectivity index (χ4v) is 3.37. The molecule has 4 N–H and O–H groups in total. The highest BCUT2D eigenvalue weighted by molar-refractivity contribution is 7.99. The van der Waals surface area contributed by atoms with Gasteiger partial charge in [0.15, 0.2) is 0 Å². The molecule has 0 aliphatic rings. The first kappa shape index (κ1) is 15.9. The van der Waals surface area contributed by atoms with Crippen LogP contribution in [0.3, 0.4) is 0 Å². The standard InChI is InChI=1S/C15H18N2O2S2/c16-15(19)11-8-14(21-10-11)9-17-12-2-4-13(5-3-12)20-7-1-6-18/h2-5,8,10,17-18H,1,6-7,9H2,(H2,16,19). The number of aliphatic hydroxyl groups excluding tert-OH is 1. The van der Waals surface area contributed by atoms with Crippen molar-refractivity contribution < 1.29 is 9.90 Å². The zero-order valence-electron chi connectivity index (χ0n) is 11.5. The third-order valence-corrected chi connectivity index (χ3v) is 4.87.